The number of aromatic nitrogens is 1. The van der Waals surface area contributed by atoms with Crippen LogP contribution < -0.4 is 10.6 Å². The Morgan fingerprint density at radius 1 is 1.04 bits per heavy atom. The largest absolute Gasteiger partial charge is 0.461 e. The smallest absolute Gasteiger partial charge is 0.191 e. The van der Waals surface area contributed by atoms with E-state index >= 15 is 0 Å². The number of para-hydroxylation sites is 2. The number of nitrogens with zero attached hydrogens (tertiary/aromatic N) is 2. The van der Waals surface area contributed by atoms with E-state index in [0.717, 1.165) is 46.6 Å². The summed E-state index contributed by atoms with van der Waals surface area (Å²) in [5.41, 5.74) is 3.13. The van der Waals surface area contributed by atoms with Crippen LogP contribution in [0.5, 0.6) is 0 Å². The van der Waals surface area contributed by atoms with Gasteiger partial charge in [-0.2, -0.15) is 0 Å². The van der Waals surface area contributed by atoms with Crippen molar-refractivity contribution >= 4 is 27.8 Å². The van der Waals surface area contributed by atoms with Gasteiger partial charge in [-0.1, -0.05) is 36.4 Å². The molecular formula is C22H22N4O. The van der Waals surface area contributed by atoms with Crippen LogP contribution in [0.3, 0.4) is 0 Å². The molecule has 0 aliphatic rings. The summed E-state index contributed by atoms with van der Waals surface area (Å²) in [6, 6.07) is 20.4. The van der Waals surface area contributed by atoms with Crippen molar-refractivity contribution in [2.75, 3.05) is 13.6 Å². The van der Waals surface area contributed by atoms with Crippen LogP contribution in [0.2, 0.25) is 0 Å². The lowest BCUT2D eigenvalue weighted by atomic mass is 10.1. The predicted octanol–water partition coefficient (Wildman–Crippen LogP) is 3.89. The van der Waals surface area contributed by atoms with Crippen molar-refractivity contribution in [1.82, 2.24) is 15.6 Å². The first kappa shape index (κ1) is 17.1. The summed E-state index contributed by atoms with van der Waals surface area (Å²) in [6.45, 7) is 1.43. The quantitative estimate of drug-likeness (QED) is 0.420. The maximum Gasteiger partial charge on any atom is 0.191 e. The van der Waals surface area contributed by atoms with Gasteiger partial charge in [0.25, 0.3) is 0 Å². The molecule has 0 radical (unpaired) electrons. The molecule has 4 aromatic rings. The van der Waals surface area contributed by atoms with Gasteiger partial charge in [-0.3, -0.25) is 9.98 Å². The summed E-state index contributed by atoms with van der Waals surface area (Å²) < 4.78 is 5.85. The fourth-order valence-corrected chi connectivity index (χ4v) is 3.17. The number of rotatable bonds is 5. The molecule has 0 bridgehead atoms. The zero-order valence-electron chi connectivity index (χ0n) is 15.3. The van der Waals surface area contributed by atoms with E-state index in [1.165, 1.54) is 5.56 Å². The standard InChI is InChI=1S/C22H22N4O/c1-23-22(25-13-11-18-14-16-6-2-5-9-21(16)27-18)26-15-17-10-12-24-20-8-4-3-7-19(17)20/h2-10,12,14H,11,13,15H2,1H3,(H2,23,25,26). The molecule has 27 heavy (non-hydrogen) atoms. The second kappa shape index (κ2) is 7.91. The van der Waals surface area contributed by atoms with Crippen LogP contribution in [0, 0.1) is 0 Å². The first-order valence-electron chi connectivity index (χ1n) is 9.08. The number of hydrogen-bond donors (Lipinski definition) is 2. The van der Waals surface area contributed by atoms with E-state index in [9.17, 15) is 0 Å². The molecule has 0 saturated carbocycles. The second-order valence-electron chi connectivity index (χ2n) is 6.34. The second-order valence-corrected chi connectivity index (χ2v) is 6.34. The van der Waals surface area contributed by atoms with E-state index in [1.807, 2.05) is 48.7 Å². The topological polar surface area (TPSA) is 62.5 Å². The third-order valence-corrected chi connectivity index (χ3v) is 4.55. The van der Waals surface area contributed by atoms with Gasteiger partial charge in [-0.15, -0.1) is 0 Å². The van der Waals surface area contributed by atoms with Crippen molar-refractivity contribution < 1.29 is 4.42 Å². The summed E-state index contributed by atoms with van der Waals surface area (Å²) >= 11 is 0. The first-order valence-corrected chi connectivity index (χ1v) is 9.08. The van der Waals surface area contributed by atoms with E-state index in [1.54, 1.807) is 7.05 Å². The van der Waals surface area contributed by atoms with Gasteiger partial charge in [0.2, 0.25) is 0 Å². The molecule has 136 valence electrons. The van der Waals surface area contributed by atoms with Crippen LogP contribution in [0.15, 0.2) is 76.3 Å². The van der Waals surface area contributed by atoms with Crippen LogP contribution in [0.1, 0.15) is 11.3 Å². The third kappa shape index (κ3) is 3.92. The molecule has 0 atom stereocenters. The molecule has 0 fully saturated rings. The number of hydrogen-bond acceptors (Lipinski definition) is 3. The molecule has 0 aliphatic carbocycles. The molecule has 2 N–H and O–H groups in total. The third-order valence-electron chi connectivity index (χ3n) is 4.55. The summed E-state index contributed by atoms with van der Waals surface area (Å²) in [7, 11) is 1.78. The number of aliphatic imine (C=N–C) groups is 1. The molecule has 0 aliphatic heterocycles. The Morgan fingerprint density at radius 3 is 2.78 bits per heavy atom. The van der Waals surface area contributed by atoms with Gasteiger partial charge < -0.3 is 15.1 Å². The van der Waals surface area contributed by atoms with Gasteiger partial charge in [-0.05, 0) is 29.8 Å². The van der Waals surface area contributed by atoms with Gasteiger partial charge >= 0.3 is 0 Å². The Kier molecular flexibility index (Phi) is 5.01. The van der Waals surface area contributed by atoms with Crippen molar-refractivity contribution in [3.8, 4) is 0 Å². The molecule has 2 aromatic heterocycles. The minimum absolute atomic E-state index is 0.688. The van der Waals surface area contributed by atoms with Crippen LogP contribution in [-0.4, -0.2) is 24.5 Å². The maximum absolute atomic E-state index is 5.85. The molecule has 0 unspecified atom stereocenters. The monoisotopic (exact) mass is 358 g/mol. The van der Waals surface area contributed by atoms with Crippen molar-refractivity contribution in [2.45, 2.75) is 13.0 Å². The molecular weight excluding hydrogens is 336 g/mol. The van der Waals surface area contributed by atoms with Crippen molar-refractivity contribution in [3.05, 3.63) is 78.2 Å². The van der Waals surface area contributed by atoms with Gasteiger partial charge in [-0.25, -0.2) is 0 Å². The summed E-state index contributed by atoms with van der Waals surface area (Å²) in [5, 5.41) is 9.01. The Hall–Kier alpha value is -3.34. The number of fused-ring (bicyclic) bond motifs is 2. The Labute approximate surface area is 158 Å². The lowest BCUT2D eigenvalue weighted by molar-refractivity contribution is 0.544. The SMILES string of the molecule is CN=C(NCCc1cc2ccccc2o1)NCc1ccnc2ccccc12. The van der Waals surface area contributed by atoms with E-state index < -0.39 is 0 Å². The molecule has 5 nitrogen and oxygen atoms in total. The van der Waals surface area contributed by atoms with Gasteiger partial charge in [0.1, 0.15) is 11.3 Å². The Balaban J connectivity index is 1.34. The molecule has 5 heteroatoms. The average molecular weight is 358 g/mol. The molecule has 2 heterocycles. The lowest BCUT2D eigenvalue weighted by Crippen LogP contribution is -2.37. The minimum Gasteiger partial charge on any atom is -0.461 e. The molecule has 0 amide bonds. The zero-order valence-corrected chi connectivity index (χ0v) is 15.3. The van der Waals surface area contributed by atoms with Crippen molar-refractivity contribution in [1.29, 1.82) is 0 Å². The van der Waals surface area contributed by atoms with E-state index in [0.29, 0.717) is 6.54 Å². The van der Waals surface area contributed by atoms with Gasteiger partial charge in [0, 0.05) is 43.5 Å². The minimum atomic E-state index is 0.688. The van der Waals surface area contributed by atoms with Crippen LogP contribution >= 0.6 is 0 Å². The first-order chi connectivity index (χ1) is 13.3. The van der Waals surface area contributed by atoms with Crippen LogP contribution in [0.4, 0.5) is 0 Å². The number of guanidine groups is 1. The van der Waals surface area contributed by atoms with Gasteiger partial charge in [0.05, 0.1) is 5.52 Å². The summed E-state index contributed by atoms with van der Waals surface area (Å²) in [4.78, 5) is 8.71. The fourth-order valence-electron chi connectivity index (χ4n) is 3.17. The Morgan fingerprint density at radius 2 is 1.89 bits per heavy atom. The predicted molar refractivity (Wildman–Crippen MR) is 110 cm³/mol. The fraction of sp³-hybridized carbons (Fsp3) is 0.182. The maximum atomic E-state index is 5.85. The lowest BCUT2D eigenvalue weighted by Gasteiger charge is -2.12. The number of benzene rings is 2. The highest BCUT2D eigenvalue weighted by molar-refractivity contribution is 5.83. The Bertz CT molecular complexity index is 1050. The van der Waals surface area contributed by atoms with Crippen molar-refractivity contribution in [2.24, 2.45) is 4.99 Å². The number of pyridine rings is 1. The average Bonchev–Trinajstić information content (AvgIpc) is 3.13. The highest BCUT2D eigenvalue weighted by Crippen LogP contribution is 2.19. The normalized spacial score (nSPS) is 11.8. The van der Waals surface area contributed by atoms with E-state index in [-0.39, 0.29) is 0 Å². The molecule has 4 rings (SSSR count). The van der Waals surface area contributed by atoms with E-state index in [2.05, 4.69) is 38.8 Å². The highest BCUT2D eigenvalue weighted by Gasteiger charge is 2.05. The number of furan rings is 1. The van der Waals surface area contributed by atoms with Crippen molar-refractivity contribution in [3.63, 3.8) is 0 Å². The molecule has 0 saturated heterocycles. The summed E-state index contributed by atoms with van der Waals surface area (Å²) in [5.74, 6) is 1.74. The number of nitrogens with one attached hydrogen (secondary N) is 2. The molecule has 2 aromatic carbocycles. The zero-order chi connectivity index (χ0) is 18.5. The highest BCUT2D eigenvalue weighted by atomic mass is 16.3. The summed E-state index contributed by atoms with van der Waals surface area (Å²) in [6.07, 6.45) is 2.64. The van der Waals surface area contributed by atoms with Crippen LogP contribution in [0.25, 0.3) is 21.9 Å². The molecule has 0 spiro atoms. The van der Waals surface area contributed by atoms with Crippen LogP contribution in [-0.2, 0) is 13.0 Å². The van der Waals surface area contributed by atoms with Gasteiger partial charge in [0.15, 0.2) is 5.96 Å². The van der Waals surface area contributed by atoms with E-state index in [4.69, 9.17) is 4.42 Å².